The second-order valence-corrected chi connectivity index (χ2v) is 16.8. The van der Waals surface area contributed by atoms with Crippen LogP contribution in [0.2, 0.25) is 0 Å². The molecule has 6 aromatic rings. The number of amides is 3. The Balaban J connectivity index is 0.000000243. The minimum atomic E-state index is -0.428. The highest BCUT2D eigenvalue weighted by Gasteiger charge is 2.23. The summed E-state index contributed by atoms with van der Waals surface area (Å²) in [6, 6.07) is 32.2. The molecule has 75 heavy (non-hydrogen) atoms. The van der Waals surface area contributed by atoms with Crippen molar-refractivity contribution in [2.24, 2.45) is 5.73 Å². The van der Waals surface area contributed by atoms with Gasteiger partial charge in [-0.05, 0) is 42.5 Å². The number of aliphatic hydroxyl groups is 3. The number of aliphatic hydroxyl groups excluding tert-OH is 3. The first-order chi connectivity index (χ1) is 36.5. The van der Waals surface area contributed by atoms with E-state index in [0.717, 1.165) is 42.4 Å². The maximum absolute atomic E-state index is 12.6. The Kier molecular flexibility index (Phi) is 26.9. The van der Waals surface area contributed by atoms with Crippen LogP contribution in [0.4, 0.5) is 0 Å². The molecule has 0 aliphatic carbocycles. The molecule has 0 saturated heterocycles. The smallest absolute Gasteiger partial charge is 0.271 e. The van der Waals surface area contributed by atoms with E-state index in [1.807, 2.05) is 105 Å². The van der Waals surface area contributed by atoms with Crippen molar-refractivity contribution in [3.63, 3.8) is 0 Å². The van der Waals surface area contributed by atoms with Crippen molar-refractivity contribution in [1.29, 1.82) is 0 Å². The van der Waals surface area contributed by atoms with Gasteiger partial charge in [0, 0.05) is 76.1 Å². The van der Waals surface area contributed by atoms with E-state index in [1.54, 1.807) is 9.13 Å². The fourth-order valence-corrected chi connectivity index (χ4v) is 7.17. The SMILES string of the molecule is CCCCNC(=O)c1c(OCc2ccccc2)c(=O)ccn1CCO.CCCCNC(=O)c1c(OCc2ccccc2)c(=O)ccn1CCO.NCCCNC(=O)c1c(OCc2ccccc2)c(=O)ccn1CCO. The second kappa shape index (κ2) is 33.8. The number of nitrogens with two attached hydrogens (primary N) is 1. The number of benzene rings is 3. The summed E-state index contributed by atoms with van der Waals surface area (Å²) in [6.07, 6.45) is 8.72. The molecular formula is C56H71N7O12. The van der Waals surface area contributed by atoms with Gasteiger partial charge in [0.05, 0.1) is 19.8 Å². The molecular weight excluding hydrogens is 963 g/mol. The maximum Gasteiger partial charge on any atom is 0.271 e. The van der Waals surface area contributed by atoms with Crippen LogP contribution in [0.5, 0.6) is 17.2 Å². The lowest BCUT2D eigenvalue weighted by atomic mass is 10.2. The normalized spacial score (nSPS) is 10.5. The second-order valence-electron chi connectivity index (χ2n) is 16.8. The summed E-state index contributed by atoms with van der Waals surface area (Å²) in [6.45, 7) is 6.66. The zero-order valence-electron chi connectivity index (χ0n) is 42.8. The van der Waals surface area contributed by atoms with Crippen molar-refractivity contribution in [3.8, 4) is 17.2 Å². The van der Waals surface area contributed by atoms with E-state index in [-0.39, 0.29) is 122 Å². The lowest BCUT2D eigenvalue weighted by Gasteiger charge is -2.16. The van der Waals surface area contributed by atoms with Crippen LogP contribution in [0.15, 0.2) is 142 Å². The lowest BCUT2D eigenvalue weighted by molar-refractivity contribution is 0.0926. The molecule has 0 radical (unpaired) electrons. The van der Waals surface area contributed by atoms with E-state index < -0.39 is 5.91 Å². The number of carbonyl (C=O) groups is 3. The number of nitrogens with one attached hydrogen (secondary N) is 3. The standard InChI is InChI=1S/2C19H24N2O4.C18H23N3O4/c2*1-2-3-10-20-19(24)17-18(16(23)9-11-21(17)12-13-22)25-14-15-7-5-4-6-8-15;19-8-4-9-20-18(24)16-17(15(23)7-10-21(16)11-12-22)25-13-14-5-2-1-3-6-14/h2*4-9,11,22H,2-3,10,12-14H2,1H3,(H,20,24);1-3,5-7,10,22H,4,8-9,11-13,19H2,(H,20,24). The van der Waals surface area contributed by atoms with E-state index in [9.17, 15) is 44.1 Å². The van der Waals surface area contributed by atoms with Crippen molar-refractivity contribution >= 4 is 17.7 Å². The molecule has 8 N–H and O–H groups in total. The number of pyridine rings is 3. The number of hydrogen-bond donors (Lipinski definition) is 7. The highest BCUT2D eigenvalue weighted by atomic mass is 16.5. The van der Waals surface area contributed by atoms with Gasteiger partial charge in [-0.15, -0.1) is 0 Å². The quantitative estimate of drug-likeness (QED) is 0.0353. The molecule has 6 rings (SSSR count). The van der Waals surface area contributed by atoms with Gasteiger partial charge in [-0.3, -0.25) is 28.8 Å². The van der Waals surface area contributed by atoms with Gasteiger partial charge < -0.3 is 64.9 Å². The topological polar surface area (TPSA) is 268 Å². The highest BCUT2D eigenvalue weighted by Crippen LogP contribution is 2.19. The summed E-state index contributed by atoms with van der Waals surface area (Å²) in [7, 11) is 0. The third-order valence-electron chi connectivity index (χ3n) is 11.0. The molecule has 3 aromatic heterocycles. The predicted octanol–water partition coefficient (Wildman–Crippen LogP) is 4.40. The molecule has 3 aromatic carbocycles. The average Bonchev–Trinajstić information content (AvgIpc) is 3.42. The minimum absolute atomic E-state index is 0.00815. The fraction of sp³-hybridized carbons (Fsp3) is 0.357. The number of hydrogen-bond acceptors (Lipinski definition) is 13. The predicted molar refractivity (Wildman–Crippen MR) is 286 cm³/mol. The summed E-state index contributed by atoms with van der Waals surface area (Å²) in [5, 5.41) is 36.0. The Bertz CT molecular complexity index is 2530. The Hall–Kier alpha value is -7.84. The van der Waals surface area contributed by atoms with Crippen molar-refractivity contribution in [2.45, 2.75) is 85.4 Å². The molecule has 0 aliphatic rings. The van der Waals surface area contributed by atoms with Crippen LogP contribution >= 0.6 is 0 Å². The van der Waals surface area contributed by atoms with Gasteiger partial charge in [0.15, 0.2) is 34.3 Å². The molecule has 0 unspecified atom stereocenters. The molecule has 0 atom stereocenters. The number of rotatable bonds is 27. The zero-order chi connectivity index (χ0) is 54.2. The van der Waals surface area contributed by atoms with Crippen molar-refractivity contribution in [2.75, 3.05) is 46.0 Å². The summed E-state index contributed by atoms with van der Waals surface area (Å²) >= 11 is 0. The lowest BCUT2D eigenvalue weighted by Crippen LogP contribution is -2.31. The first kappa shape index (κ1) is 59.7. The summed E-state index contributed by atoms with van der Waals surface area (Å²) < 4.78 is 21.7. The van der Waals surface area contributed by atoms with E-state index in [2.05, 4.69) is 16.0 Å². The van der Waals surface area contributed by atoms with Crippen LogP contribution in [0.25, 0.3) is 0 Å². The van der Waals surface area contributed by atoms with E-state index in [4.69, 9.17) is 19.9 Å². The van der Waals surface area contributed by atoms with Crippen LogP contribution in [-0.4, -0.2) is 92.7 Å². The minimum Gasteiger partial charge on any atom is -0.483 e. The number of aromatic nitrogens is 3. The van der Waals surface area contributed by atoms with Crippen molar-refractivity contribution in [3.05, 3.63) is 192 Å². The monoisotopic (exact) mass is 1030 g/mol. The van der Waals surface area contributed by atoms with E-state index >= 15 is 0 Å². The zero-order valence-corrected chi connectivity index (χ0v) is 42.8. The van der Waals surface area contributed by atoms with Gasteiger partial charge in [0.25, 0.3) is 17.7 Å². The molecule has 19 nitrogen and oxygen atoms in total. The number of unbranched alkanes of at least 4 members (excludes halogenated alkanes) is 2. The molecule has 402 valence electrons. The first-order valence-corrected chi connectivity index (χ1v) is 25.1. The van der Waals surface area contributed by atoms with Crippen LogP contribution < -0.4 is 52.2 Å². The van der Waals surface area contributed by atoms with E-state index in [0.29, 0.717) is 32.6 Å². The molecule has 0 bridgehead atoms. The summed E-state index contributed by atoms with van der Waals surface area (Å²) in [5.74, 6) is -1.18. The fourth-order valence-electron chi connectivity index (χ4n) is 7.17. The largest absolute Gasteiger partial charge is 0.483 e. The average molecular weight is 1030 g/mol. The highest BCUT2D eigenvalue weighted by molar-refractivity contribution is 5.96. The van der Waals surface area contributed by atoms with Crippen LogP contribution in [0.3, 0.4) is 0 Å². The number of nitrogens with zero attached hydrogens (tertiary/aromatic N) is 3. The van der Waals surface area contributed by atoms with Gasteiger partial charge in [-0.1, -0.05) is 118 Å². The number of carbonyl (C=O) groups excluding carboxylic acids is 3. The third-order valence-corrected chi connectivity index (χ3v) is 11.0. The molecule has 0 saturated carbocycles. The van der Waals surface area contributed by atoms with Gasteiger partial charge in [-0.25, -0.2) is 0 Å². The first-order valence-electron chi connectivity index (χ1n) is 25.1. The van der Waals surface area contributed by atoms with Crippen molar-refractivity contribution < 1.29 is 43.9 Å². The van der Waals surface area contributed by atoms with Crippen LogP contribution in [0, 0.1) is 0 Å². The van der Waals surface area contributed by atoms with E-state index in [1.165, 1.54) is 41.4 Å². The molecule has 3 amide bonds. The molecule has 3 heterocycles. The Morgan fingerprint density at radius 2 is 0.733 bits per heavy atom. The van der Waals surface area contributed by atoms with Gasteiger partial charge in [0.1, 0.15) is 19.8 Å². The van der Waals surface area contributed by atoms with Gasteiger partial charge in [-0.2, -0.15) is 0 Å². The summed E-state index contributed by atoms with van der Waals surface area (Å²) in [5.41, 5.74) is 7.42. The van der Waals surface area contributed by atoms with Gasteiger partial charge >= 0.3 is 0 Å². The third kappa shape index (κ3) is 19.5. The number of ether oxygens (including phenoxy) is 3. The molecule has 19 heteroatoms. The molecule has 0 fully saturated rings. The molecule has 0 spiro atoms. The van der Waals surface area contributed by atoms with Gasteiger partial charge in [0.2, 0.25) is 16.3 Å². The maximum atomic E-state index is 12.6. The van der Waals surface area contributed by atoms with Crippen LogP contribution in [-0.2, 0) is 39.5 Å². The Morgan fingerprint density at radius 1 is 0.453 bits per heavy atom. The van der Waals surface area contributed by atoms with Crippen LogP contribution in [0.1, 0.15) is 94.1 Å². The Labute approximate surface area is 436 Å². The molecule has 0 aliphatic heterocycles. The summed E-state index contributed by atoms with van der Waals surface area (Å²) in [4.78, 5) is 74.5. The Morgan fingerprint density at radius 3 is 0.987 bits per heavy atom. The van der Waals surface area contributed by atoms with Crippen molar-refractivity contribution in [1.82, 2.24) is 29.7 Å².